The summed E-state index contributed by atoms with van der Waals surface area (Å²) < 4.78 is 6.53. The molecule has 0 spiro atoms. The van der Waals surface area contributed by atoms with Gasteiger partial charge in [-0.3, -0.25) is 23.7 Å². The van der Waals surface area contributed by atoms with Gasteiger partial charge in [-0.2, -0.15) is 0 Å². The number of carbonyl (C=O) groups is 3. The van der Waals surface area contributed by atoms with Gasteiger partial charge in [0.25, 0.3) is 11.5 Å². The van der Waals surface area contributed by atoms with Crippen LogP contribution in [0.15, 0.2) is 41.3 Å². The second kappa shape index (κ2) is 8.96. The number of rotatable bonds is 4. The Labute approximate surface area is 193 Å². The minimum Gasteiger partial charge on any atom is -0.466 e. The zero-order valence-electron chi connectivity index (χ0n) is 19.4. The molecule has 1 aromatic carbocycles. The highest BCUT2D eigenvalue weighted by Gasteiger charge is 2.38. The van der Waals surface area contributed by atoms with Crippen molar-refractivity contribution < 1.29 is 19.1 Å². The number of piperidine rings is 1. The van der Waals surface area contributed by atoms with Crippen LogP contribution in [0.3, 0.4) is 0 Å². The lowest BCUT2D eigenvalue weighted by Gasteiger charge is -2.34. The zero-order valence-corrected chi connectivity index (χ0v) is 19.4. The van der Waals surface area contributed by atoms with Gasteiger partial charge >= 0.3 is 5.97 Å². The number of nitrogens with zero attached hydrogens (tertiary/aromatic N) is 2. The highest BCUT2D eigenvalue weighted by atomic mass is 16.5. The fourth-order valence-corrected chi connectivity index (χ4v) is 4.88. The van der Waals surface area contributed by atoms with E-state index in [2.05, 4.69) is 0 Å². The molecular weight excluding hydrogens is 420 g/mol. The molecule has 0 radical (unpaired) electrons. The van der Waals surface area contributed by atoms with Gasteiger partial charge in [-0.25, -0.2) is 0 Å². The molecule has 2 heterocycles. The minimum absolute atomic E-state index is 0.0546. The van der Waals surface area contributed by atoms with Gasteiger partial charge < -0.3 is 9.64 Å². The van der Waals surface area contributed by atoms with Crippen LogP contribution in [0.5, 0.6) is 0 Å². The Hall–Kier alpha value is -3.22. The summed E-state index contributed by atoms with van der Waals surface area (Å²) in [6.45, 7) is 6.81. The van der Waals surface area contributed by atoms with Gasteiger partial charge in [0.05, 0.1) is 12.5 Å². The van der Waals surface area contributed by atoms with Crippen LogP contribution in [0.2, 0.25) is 0 Å². The molecular formula is C26H30N2O5. The SMILES string of the molecule is CCOC(=O)C1CCN(C(=O)c2c3c(cn(-c4ccccc4)c2=O)C(=O)CC(C)(C)C3)CC1. The maximum Gasteiger partial charge on any atom is 0.309 e. The molecule has 1 fully saturated rings. The first-order chi connectivity index (χ1) is 15.7. The molecule has 1 aliphatic heterocycles. The Bertz CT molecular complexity index is 1140. The quantitative estimate of drug-likeness (QED) is 0.667. The second-order valence-corrected chi connectivity index (χ2v) is 9.67. The number of fused-ring (bicyclic) bond motifs is 1. The summed E-state index contributed by atoms with van der Waals surface area (Å²) in [6.07, 6.45) is 3.44. The third-order valence-corrected chi connectivity index (χ3v) is 6.56. The largest absolute Gasteiger partial charge is 0.466 e. The Morgan fingerprint density at radius 2 is 1.73 bits per heavy atom. The standard InChI is InChI=1S/C26H30N2O5/c1-4-33-25(32)17-10-12-27(13-11-17)23(30)22-19-14-26(2,3)15-21(29)20(19)16-28(24(22)31)18-8-6-5-7-9-18/h5-9,16-17H,4,10-15H2,1-3H3. The number of ketones is 1. The Morgan fingerprint density at radius 3 is 2.36 bits per heavy atom. The van der Waals surface area contributed by atoms with E-state index in [1.165, 1.54) is 4.57 Å². The van der Waals surface area contributed by atoms with Crippen LogP contribution in [0, 0.1) is 11.3 Å². The molecule has 1 aromatic heterocycles. The summed E-state index contributed by atoms with van der Waals surface area (Å²) >= 11 is 0. The van der Waals surface area contributed by atoms with Crippen molar-refractivity contribution in [1.29, 1.82) is 0 Å². The van der Waals surface area contributed by atoms with Gasteiger partial charge in [-0.1, -0.05) is 32.0 Å². The average molecular weight is 451 g/mol. The summed E-state index contributed by atoms with van der Waals surface area (Å²) in [6, 6.07) is 9.04. The smallest absolute Gasteiger partial charge is 0.309 e. The van der Waals surface area contributed by atoms with Crippen molar-refractivity contribution in [3.63, 3.8) is 0 Å². The normalized spacial score (nSPS) is 18.0. The van der Waals surface area contributed by atoms with E-state index in [1.54, 1.807) is 30.2 Å². The zero-order chi connectivity index (χ0) is 23.8. The summed E-state index contributed by atoms with van der Waals surface area (Å²) in [5.41, 5.74) is 0.933. The van der Waals surface area contributed by atoms with Crippen molar-refractivity contribution in [3.8, 4) is 5.69 Å². The topological polar surface area (TPSA) is 85.7 Å². The molecule has 0 unspecified atom stereocenters. The van der Waals surface area contributed by atoms with Crippen LogP contribution in [-0.2, 0) is 16.0 Å². The van der Waals surface area contributed by atoms with Gasteiger partial charge in [0.1, 0.15) is 5.56 Å². The number of carbonyl (C=O) groups excluding carboxylic acids is 3. The average Bonchev–Trinajstić information content (AvgIpc) is 2.78. The minimum atomic E-state index is -0.414. The number of ether oxygens (including phenoxy) is 1. The van der Waals surface area contributed by atoms with E-state index in [0.29, 0.717) is 62.2 Å². The molecule has 1 saturated heterocycles. The van der Waals surface area contributed by atoms with Crippen molar-refractivity contribution >= 4 is 17.7 Å². The van der Waals surface area contributed by atoms with Crippen LogP contribution in [0.1, 0.15) is 66.3 Å². The monoisotopic (exact) mass is 450 g/mol. The lowest BCUT2D eigenvalue weighted by Crippen LogP contribution is -2.44. The van der Waals surface area contributed by atoms with Crippen molar-refractivity contribution in [2.45, 2.75) is 46.5 Å². The Balaban J connectivity index is 1.75. The highest BCUT2D eigenvalue weighted by molar-refractivity contribution is 6.04. The number of Topliss-reactive ketones (excluding diaryl/α,β-unsaturated/α-hetero) is 1. The number of amides is 1. The van der Waals surface area contributed by atoms with E-state index in [1.807, 2.05) is 32.0 Å². The van der Waals surface area contributed by atoms with E-state index in [0.717, 1.165) is 0 Å². The van der Waals surface area contributed by atoms with Crippen LogP contribution in [0.25, 0.3) is 5.69 Å². The number of benzene rings is 1. The van der Waals surface area contributed by atoms with E-state index in [9.17, 15) is 19.2 Å². The molecule has 0 N–H and O–H groups in total. The fraction of sp³-hybridized carbons (Fsp3) is 0.462. The maximum absolute atomic E-state index is 13.7. The molecule has 0 bridgehead atoms. The number of pyridine rings is 1. The first-order valence-electron chi connectivity index (χ1n) is 11.5. The molecule has 7 heteroatoms. The van der Waals surface area contributed by atoms with Crippen LogP contribution in [-0.4, -0.2) is 46.8 Å². The number of esters is 1. The molecule has 174 valence electrons. The van der Waals surface area contributed by atoms with Gasteiger partial charge in [0.15, 0.2) is 5.78 Å². The summed E-state index contributed by atoms with van der Waals surface area (Å²) in [4.78, 5) is 54.1. The molecule has 1 aliphatic carbocycles. The molecule has 33 heavy (non-hydrogen) atoms. The fourth-order valence-electron chi connectivity index (χ4n) is 4.88. The summed E-state index contributed by atoms with van der Waals surface area (Å²) in [5.74, 6) is -0.893. The van der Waals surface area contributed by atoms with E-state index in [4.69, 9.17) is 4.74 Å². The molecule has 4 rings (SSSR count). The predicted molar refractivity (Wildman–Crippen MR) is 124 cm³/mol. The second-order valence-electron chi connectivity index (χ2n) is 9.67. The number of hydrogen-bond donors (Lipinski definition) is 0. The van der Waals surface area contributed by atoms with Crippen molar-refractivity contribution in [3.05, 3.63) is 63.6 Å². The lowest BCUT2D eigenvalue weighted by molar-refractivity contribution is -0.149. The van der Waals surface area contributed by atoms with Crippen LogP contribution >= 0.6 is 0 Å². The highest BCUT2D eigenvalue weighted by Crippen LogP contribution is 2.36. The molecule has 2 aromatic rings. The van der Waals surface area contributed by atoms with E-state index < -0.39 is 5.56 Å². The van der Waals surface area contributed by atoms with E-state index in [-0.39, 0.29) is 34.6 Å². The molecule has 7 nitrogen and oxygen atoms in total. The molecule has 2 aliphatic rings. The molecule has 1 amide bonds. The van der Waals surface area contributed by atoms with E-state index >= 15 is 0 Å². The van der Waals surface area contributed by atoms with Crippen LogP contribution in [0.4, 0.5) is 0 Å². The van der Waals surface area contributed by atoms with Crippen molar-refractivity contribution in [2.75, 3.05) is 19.7 Å². The summed E-state index contributed by atoms with van der Waals surface area (Å²) in [7, 11) is 0. The van der Waals surface area contributed by atoms with Crippen LogP contribution < -0.4 is 5.56 Å². The third kappa shape index (κ3) is 4.49. The Kier molecular flexibility index (Phi) is 6.23. The summed E-state index contributed by atoms with van der Waals surface area (Å²) in [5, 5.41) is 0. The van der Waals surface area contributed by atoms with Gasteiger partial charge in [-0.15, -0.1) is 0 Å². The van der Waals surface area contributed by atoms with Crippen molar-refractivity contribution in [1.82, 2.24) is 9.47 Å². The predicted octanol–water partition coefficient (Wildman–Crippen LogP) is 3.41. The lowest BCUT2D eigenvalue weighted by atomic mass is 9.73. The number of hydrogen-bond acceptors (Lipinski definition) is 5. The van der Waals surface area contributed by atoms with Gasteiger partial charge in [0, 0.05) is 37.0 Å². The first kappa shape index (κ1) is 23.0. The van der Waals surface area contributed by atoms with Gasteiger partial charge in [0.2, 0.25) is 0 Å². The number of para-hydroxylation sites is 1. The molecule has 0 atom stereocenters. The maximum atomic E-state index is 13.7. The van der Waals surface area contributed by atoms with Gasteiger partial charge in [-0.05, 0) is 49.3 Å². The van der Waals surface area contributed by atoms with Crippen molar-refractivity contribution in [2.24, 2.45) is 11.3 Å². The molecule has 0 saturated carbocycles. The first-order valence-corrected chi connectivity index (χ1v) is 11.5. The number of likely N-dealkylation sites (tertiary alicyclic amines) is 1. The third-order valence-electron chi connectivity index (χ3n) is 6.56. The Morgan fingerprint density at radius 1 is 1.06 bits per heavy atom. The number of aromatic nitrogens is 1.